The minimum atomic E-state index is -0.282. The topological polar surface area (TPSA) is 116 Å². The number of rotatable bonds is 7. The predicted octanol–water partition coefficient (Wildman–Crippen LogP) is 2.76. The van der Waals surface area contributed by atoms with Crippen LogP contribution >= 0.6 is 12.2 Å². The molecular weight excluding hydrogens is 450 g/mol. The maximum atomic E-state index is 12.3. The van der Waals surface area contributed by atoms with Crippen molar-refractivity contribution in [3.63, 3.8) is 0 Å². The number of urea groups is 1. The molecule has 1 saturated heterocycles. The highest BCUT2D eigenvalue weighted by atomic mass is 32.1. The molecule has 1 fully saturated rings. The van der Waals surface area contributed by atoms with Crippen LogP contribution < -0.4 is 21.7 Å². The molecule has 1 aliphatic heterocycles. The molecule has 9 nitrogen and oxygen atoms in total. The lowest BCUT2D eigenvalue weighted by atomic mass is 10.1. The van der Waals surface area contributed by atoms with Gasteiger partial charge < -0.3 is 26.6 Å². The number of aromatic nitrogens is 1. The van der Waals surface area contributed by atoms with Crippen molar-refractivity contribution < 1.29 is 9.59 Å². The Hall–Kier alpha value is -3.50. The van der Waals surface area contributed by atoms with Crippen LogP contribution in [0.5, 0.6) is 0 Å². The van der Waals surface area contributed by atoms with E-state index in [2.05, 4.69) is 32.4 Å². The first-order valence-electron chi connectivity index (χ1n) is 11.1. The van der Waals surface area contributed by atoms with Crippen molar-refractivity contribution in [2.75, 3.05) is 36.8 Å². The number of piperazine rings is 1. The van der Waals surface area contributed by atoms with Crippen molar-refractivity contribution in [2.24, 2.45) is 5.73 Å². The molecule has 0 saturated carbocycles. The van der Waals surface area contributed by atoms with Crippen molar-refractivity contribution in [3.8, 4) is 11.3 Å². The van der Waals surface area contributed by atoms with Gasteiger partial charge in [-0.3, -0.25) is 9.69 Å². The van der Waals surface area contributed by atoms with E-state index in [4.69, 9.17) is 18.0 Å². The maximum Gasteiger partial charge on any atom is 0.317 e. The molecule has 0 atom stereocenters. The second-order valence-corrected chi connectivity index (χ2v) is 8.82. The lowest BCUT2D eigenvalue weighted by molar-refractivity contribution is -0.111. The Kier molecular flexibility index (Phi) is 8.55. The van der Waals surface area contributed by atoms with Gasteiger partial charge in [-0.2, -0.15) is 0 Å². The second-order valence-electron chi connectivity index (χ2n) is 8.38. The molecule has 180 valence electrons. The zero-order chi connectivity index (χ0) is 24.7. The van der Waals surface area contributed by atoms with Crippen LogP contribution in [-0.2, 0) is 11.3 Å². The summed E-state index contributed by atoms with van der Waals surface area (Å²) < 4.78 is 0. The van der Waals surface area contributed by atoms with E-state index in [0.717, 1.165) is 29.9 Å². The van der Waals surface area contributed by atoms with Gasteiger partial charge in [0.15, 0.2) is 5.11 Å². The predicted molar refractivity (Wildman–Crippen MR) is 139 cm³/mol. The quantitative estimate of drug-likeness (QED) is 0.355. The SMILES string of the molecule is C=CC(=O)Nc1cccc(-c2cc(CN3CCN(C(=O)NC(C)C)CC3)cc(NC(N)=S)n2)c1. The van der Waals surface area contributed by atoms with Gasteiger partial charge in [0.1, 0.15) is 5.82 Å². The molecule has 2 heterocycles. The van der Waals surface area contributed by atoms with E-state index in [1.165, 1.54) is 6.08 Å². The number of nitrogens with zero attached hydrogens (tertiary/aromatic N) is 3. The van der Waals surface area contributed by atoms with Gasteiger partial charge in [-0.15, -0.1) is 0 Å². The molecule has 10 heteroatoms. The van der Waals surface area contributed by atoms with Gasteiger partial charge in [0, 0.05) is 50.0 Å². The number of thiocarbonyl (C=S) groups is 1. The van der Waals surface area contributed by atoms with Gasteiger partial charge in [0.25, 0.3) is 0 Å². The number of carbonyl (C=O) groups is 2. The molecule has 0 aliphatic carbocycles. The van der Waals surface area contributed by atoms with E-state index in [-0.39, 0.29) is 23.1 Å². The number of benzene rings is 1. The van der Waals surface area contributed by atoms with Crippen LogP contribution in [0.3, 0.4) is 0 Å². The fourth-order valence-electron chi connectivity index (χ4n) is 3.67. The molecule has 34 heavy (non-hydrogen) atoms. The van der Waals surface area contributed by atoms with Gasteiger partial charge in [0.2, 0.25) is 5.91 Å². The summed E-state index contributed by atoms with van der Waals surface area (Å²) in [6.07, 6.45) is 1.22. The Labute approximate surface area is 205 Å². The van der Waals surface area contributed by atoms with Crippen LogP contribution in [-0.4, -0.2) is 64.1 Å². The summed E-state index contributed by atoms with van der Waals surface area (Å²) in [5, 5.41) is 8.77. The highest BCUT2D eigenvalue weighted by Crippen LogP contribution is 2.25. The molecule has 5 N–H and O–H groups in total. The summed E-state index contributed by atoms with van der Waals surface area (Å²) in [7, 11) is 0. The molecule has 0 spiro atoms. The second kappa shape index (κ2) is 11.6. The normalized spacial score (nSPS) is 13.9. The van der Waals surface area contributed by atoms with Crippen LogP contribution in [0.4, 0.5) is 16.3 Å². The van der Waals surface area contributed by atoms with Crippen LogP contribution in [0.15, 0.2) is 49.1 Å². The monoisotopic (exact) mass is 481 g/mol. The van der Waals surface area contributed by atoms with Crippen molar-refractivity contribution in [3.05, 3.63) is 54.6 Å². The largest absolute Gasteiger partial charge is 0.376 e. The third-order valence-electron chi connectivity index (χ3n) is 5.23. The molecule has 1 aliphatic rings. The van der Waals surface area contributed by atoms with Crippen molar-refractivity contribution in [1.82, 2.24) is 20.1 Å². The molecule has 3 rings (SSSR count). The van der Waals surface area contributed by atoms with E-state index in [0.29, 0.717) is 31.1 Å². The summed E-state index contributed by atoms with van der Waals surface area (Å²) >= 11 is 5.01. The first kappa shape index (κ1) is 25.1. The first-order chi connectivity index (χ1) is 16.2. The fraction of sp³-hybridized carbons (Fsp3) is 0.333. The number of amides is 3. The third kappa shape index (κ3) is 7.26. The smallest absolute Gasteiger partial charge is 0.317 e. The highest BCUT2D eigenvalue weighted by molar-refractivity contribution is 7.80. The molecule has 1 aromatic heterocycles. The molecule has 0 unspecified atom stereocenters. The first-order valence-corrected chi connectivity index (χ1v) is 11.5. The Bertz CT molecular complexity index is 1070. The lowest BCUT2D eigenvalue weighted by Gasteiger charge is -2.35. The van der Waals surface area contributed by atoms with Crippen molar-refractivity contribution in [1.29, 1.82) is 0 Å². The fourth-order valence-corrected chi connectivity index (χ4v) is 3.78. The number of nitrogens with two attached hydrogens (primary N) is 1. The Morgan fingerprint density at radius 2 is 1.91 bits per heavy atom. The lowest BCUT2D eigenvalue weighted by Crippen LogP contribution is -2.52. The van der Waals surface area contributed by atoms with Crippen molar-refractivity contribution >= 4 is 40.8 Å². The summed E-state index contributed by atoms with van der Waals surface area (Å²) in [5.41, 5.74) is 8.93. The van der Waals surface area contributed by atoms with E-state index in [9.17, 15) is 9.59 Å². The van der Waals surface area contributed by atoms with Crippen molar-refractivity contribution in [2.45, 2.75) is 26.4 Å². The van der Waals surface area contributed by atoms with Crippen LogP contribution in [0.25, 0.3) is 11.3 Å². The Morgan fingerprint density at radius 1 is 1.18 bits per heavy atom. The zero-order valence-electron chi connectivity index (χ0n) is 19.5. The van der Waals surface area contributed by atoms with E-state index < -0.39 is 0 Å². The van der Waals surface area contributed by atoms with Gasteiger partial charge in [0.05, 0.1) is 5.69 Å². The average Bonchev–Trinajstić information content (AvgIpc) is 2.78. The average molecular weight is 482 g/mol. The van der Waals surface area contributed by atoms with E-state index in [1.54, 1.807) is 6.07 Å². The molecule has 1 aromatic carbocycles. The van der Waals surface area contributed by atoms with Gasteiger partial charge in [-0.1, -0.05) is 18.7 Å². The Balaban J connectivity index is 1.77. The minimum Gasteiger partial charge on any atom is -0.376 e. The summed E-state index contributed by atoms with van der Waals surface area (Å²) in [4.78, 5) is 32.7. The van der Waals surface area contributed by atoms with Gasteiger partial charge >= 0.3 is 6.03 Å². The number of hydrogen-bond acceptors (Lipinski definition) is 5. The van der Waals surface area contributed by atoms with E-state index >= 15 is 0 Å². The summed E-state index contributed by atoms with van der Waals surface area (Å²) in [6, 6.07) is 11.5. The van der Waals surface area contributed by atoms with Crippen LogP contribution in [0, 0.1) is 0 Å². The van der Waals surface area contributed by atoms with Crippen LogP contribution in [0.1, 0.15) is 19.4 Å². The summed E-state index contributed by atoms with van der Waals surface area (Å²) in [5.74, 6) is 0.270. The minimum absolute atomic E-state index is 0.0211. The number of nitrogens with one attached hydrogen (secondary N) is 3. The third-order valence-corrected chi connectivity index (χ3v) is 5.33. The highest BCUT2D eigenvalue weighted by Gasteiger charge is 2.22. The van der Waals surface area contributed by atoms with Gasteiger partial charge in [-0.05, 0) is 62.0 Å². The van der Waals surface area contributed by atoms with E-state index in [1.807, 2.05) is 49.1 Å². The molecule has 0 radical (unpaired) electrons. The number of pyridine rings is 1. The molecular formula is C24H31N7O2S. The van der Waals surface area contributed by atoms with Crippen LogP contribution in [0.2, 0.25) is 0 Å². The molecule has 2 aromatic rings. The standard InChI is InChI=1S/C24H31N7O2S/c1-4-22(32)27-19-7-5-6-18(14-19)20-12-17(13-21(28-20)29-23(25)34)15-30-8-10-31(11-9-30)24(33)26-16(2)3/h4-7,12-14,16H,1,8-11,15H2,2-3H3,(H,26,33)(H,27,32)(H3,25,28,29,34). The number of carbonyl (C=O) groups excluding carboxylic acids is 2. The van der Waals surface area contributed by atoms with Gasteiger partial charge in [-0.25, -0.2) is 9.78 Å². The molecule has 0 bridgehead atoms. The number of anilines is 2. The maximum absolute atomic E-state index is 12.3. The molecule has 3 amide bonds. The number of hydrogen-bond donors (Lipinski definition) is 4. The Morgan fingerprint density at radius 3 is 2.56 bits per heavy atom. The zero-order valence-corrected chi connectivity index (χ0v) is 20.3. The summed E-state index contributed by atoms with van der Waals surface area (Å²) in [6.45, 7) is 11.0.